The molecule has 4 nitrogen and oxygen atoms in total. The first-order valence-electron chi connectivity index (χ1n) is 5.18. The van der Waals surface area contributed by atoms with E-state index in [1.54, 1.807) is 0 Å². The fraction of sp³-hybridized carbons (Fsp3) is 0.167. The second-order valence-corrected chi connectivity index (χ2v) is 4.62. The SMILES string of the molecule is C[C@H](Nc1nc(N)c(C#N)s1)c1ccccc1. The summed E-state index contributed by atoms with van der Waals surface area (Å²) in [6, 6.07) is 12.2. The highest BCUT2D eigenvalue weighted by Gasteiger charge is 2.10. The summed E-state index contributed by atoms with van der Waals surface area (Å²) in [5, 5.41) is 12.7. The van der Waals surface area contributed by atoms with Crippen LogP contribution in [0.15, 0.2) is 30.3 Å². The number of hydrogen-bond donors (Lipinski definition) is 2. The summed E-state index contributed by atoms with van der Waals surface area (Å²) in [5.74, 6) is 0.292. The molecular weight excluding hydrogens is 232 g/mol. The number of hydrogen-bond acceptors (Lipinski definition) is 5. The van der Waals surface area contributed by atoms with Crippen molar-refractivity contribution in [1.82, 2.24) is 4.98 Å². The van der Waals surface area contributed by atoms with Gasteiger partial charge in [0.05, 0.1) is 6.04 Å². The van der Waals surface area contributed by atoms with Gasteiger partial charge in [-0.1, -0.05) is 41.7 Å². The number of thiazole rings is 1. The van der Waals surface area contributed by atoms with Crippen molar-refractivity contribution in [3.8, 4) is 6.07 Å². The van der Waals surface area contributed by atoms with Crippen LogP contribution >= 0.6 is 11.3 Å². The lowest BCUT2D eigenvalue weighted by atomic mass is 10.1. The number of nitrogens with two attached hydrogens (primary N) is 1. The first-order valence-corrected chi connectivity index (χ1v) is 6.00. The largest absolute Gasteiger partial charge is 0.382 e. The first-order chi connectivity index (χ1) is 8.20. The van der Waals surface area contributed by atoms with E-state index in [9.17, 15) is 0 Å². The molecule has 1 heterocycles. The number of nitrogens with zero attached hydrogens (tertiary/aromatic N) is 2. The van der Waals surface area contributed by atoms with Gasteiger partial charge in [0.2, 0.25) is 0 Å². The average Bonchev–Trinajstić information content (AvgIpc) is 2.70. The Morgan fingerprint density at radius 1 is 1.41 bits per heavy atom. The predicted octanol–water partition coefficient (Wildman–Crippen LogP) is 2.77. The third-order valence-electron chi connectivity index (χ3n) is 2.39. The van der Waals surface area contributed by atoms with E-state index in [0.29, 0.717) is 15.8 Å². The van der Waals surface area contributed by atoms with Crippen molar-refractivity contribution in [3.05, 3.63) is 40.8 Å². The smallest absolute Gasteiger partial charge is 0.186 e. The van der Waals surface area contributed by atoms with Gasteiger partial charge in [-0.05, 0) is 12.5 Å². The van der Waals surface area contributed by atoms with Crippen molar-refractivity contribution < 1.29 is 0 Å². The number of anilines is 2. The Kier molecular flexibility index (Phi) is 3.26. The molecule has 0 fully saturated rings. The van der Waals surface area contributed by atoms with Crippen LogP contribution in [-0.2, 0) is 0 Å². The van der Waals surface area contributed by atoms with E-state index in [-0.39, 0.29) is 6.04 Å². The van der Waals surface area contributed by atoms with Gasteiger partial charge in [-0.3, -0.25) is 0 Å². The molecule has 86 valence electrons. The Balaban J connectivity index is 2.14. The summed E-state index contributed by atoms with van der Waals surface area (Å²) in [5.41, 5.74) is 6.77. The third-order valence-corrected chi connectivity index (χ3v) is 3.30. The average molecular weight is 244 g/mol. The van der Waals surface area contributed by atoms with E-state index in [1.807, 2.05) is 43.3 Å². The summed E-state index contributed by atoms with van der Waals surface area (Å²) in [7, 11) is 0. The lowest BCUT2D eigenvalue weighted by Gasteiger charge is -2.12. The number of nitrogen functional groups attached to an aromatic ring is 1. The van der Waals surface area contributed by atoms with Crippen LogP contribution in [0.4, 0.5) is 10.9 Å². The van der Waals surface area contributed by atoms with E-state index in [4.69, 9.17) is 11.0 Å². The molecule has 1 atom stereocenters. The van der Waals surface area contributed by atoms with Crippen LogP contribution in [0.2, 0.25) is 0 Å². The zero-order chi connectivity index (χ0) is 12.3. The van der Waals surface area contributed by atoms with E-state index >= 15 is 0 Å². The van der Waals surface area contributed by atoms with Gasteiger partial charge < -0.3 is 11.1 Å². The molecule has 0 radical (unpaired) electrons. The van der Waals surface area contributed by atoms with Crippen LogP contribution in [0.25, 0.3) is 0 Å². The predicted molar refractivity (Wildman–Crippen MR) is 69.7 cm³/mol. The van der Waals surface area contributed by atoms with Crippen molar-refractivity contribution in [2.24, 2.45) is 0 Å². The molecule has 0 unspecified atom stereocenters. The molecule has 2 aromatic rings. The lowest BCUT2D eigenvalue weighted by Crippen LogP contribution is -2.06. The van der Waals surface area contributed by atoms with Crippen LogP contribution in [-0.4, -0.2) is 4.98 Å². The Morgan fingerprint density at radius 3 is 2.71 bits per heavy atom. The summed E-state index contributed by atoms with van der Waals surface area (Å²) >= 11 is 1.27. The molecule has 0 amide bonds. The maximum absolute atomic E-state index is 8.80. The Bertz CT molecular complexity index is 541. The molecule has 0 saturated carbocycles. The van der Waals surface area contributed by atoms with Gasteiger partial charge in [0.15, 0.2) is 10.9 Å². The quantitative estimate of drug-likeness (QED) is 0.870. The fourth-order valence-corrected chi connectivity index (χ4v) is 2.25. The summed E-state index contributed by atoms with van der Waals surface area (Å²) in [4.78, 5) is 4.56. The molecule has 1 aromatic carbocycles. The molecule has 0 aliphatic heterocycles. The number of aromatic nitrogens is 1. The van der Waals surface area contributed by atoms with E-state index in [1.165, 1.54) is 16.9 Å². The van der Waals surface area contributed by atoms with Crippen molar-refractivity contribution >= 4 is 22.3 Å². The van der Waals surface area contributed by atoms with Gasteiger partial charge in [-0.15, -0.1) is 0 Å². The maximum atomic E-state index is 8.80. The molecule has 17 heavy (non-hydrogen) atoms. The zero-order valence-corrected chi connectivity index (χ0v) is 10.2. The minimum absolute atomic E-state index is 0.133. The number of rotatable bonds is 3. The lowest BCUT2D eigenvalue weighted by molar-refractivity contribution is 0.882. The van der Waals surface area contributed by atoms with Gasteiger partial charge in [0, 0.05) is 0 Å². The minimum atomic E-state index is 0.133. The van der Waals surface area contributed by atoms with Crippen molar-refractivity contribution in [3.63, 3.8) is 0 Å². The van der Waals surface area contributed by atoms with Crippen LogP contribution in [0.5, 0.6) is 0 Å². The maximum Gasteiger partial charge on any atom is 0.186 e. The summed E-state index contributed by atoms with van der Waals surface area (Å²) < 4.78 is 0. The minimum Gasteiger partial charge on any atom is -0.382 e. The van der Waals surface area contributed by atoms with Crippen LogP contribution < -0.4 is 11.1 Å². The second-order valence-electron chi connectivity index (χ2n) is 3.62. The molecule has 5 heteroatoms. The standard InChI is InChI=1S/C12H12N4S/c1-8(9-5-3-2-4-6-9)15-12-16-11(14)10(7-13)17-12/h2-6,8H,14H2,1H3,(H,15,16)/t8-/m0/s1. The summed E-state index contributed by atoms with van der Waals surface area (Å²) in [6.45, 7) is 2.04. The second kappa shape index (κ2) is 4.85. The van der Waals surface area contributed by atoms with Crippen LogP contribution in [0, 0.1) is 11.3 Å². The highest BCUT2D eigenvalue weighted by atomic mass is 32.1. The molecule has 0 bridgehead atoms. The van der Waals surface area contributed by atoms with Gasteiger partial charge in [-0.2, -0.15) is 5.26 Å². The third kappa shape index (κ3) is 2.55. The highest BCUT2D eigenvalue weighted by Crippen LogP contribution is 2.27. The fourth-order valence-electron chi connectivity index (χ4n) is 1.48. The Labute approximate surface area is 104 Å². The van der Waals surface area contributed by atoms with Crippen molar-refractivity contribution in [2.45, 2.75) is 13.0 Å². The van der Waals surface area contributed by atoms with Crippen LogP contribution in [0.3, 0.4) is 0 Å². The molecule has 0 aliphatic carbocycles. The van der Waals surface area contributed by atoms with Gasteiger partial charge in [0.1, 0.15) is 10.9 Å². The number of nitrogens with one attached hydrogen (secondary N) is 1. The molecule has 3 N–H and O–H groups in total. The number of benzene rings is 1. The topological polar surface area (TPSA) is 74.7 Å². The van der Waals surface area contributed by atoms with Gasteiger partial charge >= 0.3 is 0 Å². The molecule has 0 saturated heterocycles. The van der Waals surface area contributed by atoms with E-state index < -0.39 is 0 Å². The van der Waals surface area contributed by atoms with E-state index in [0.717, 1.165) is 0 Å². The molecular formula is C12H12N4S. The van der Waals surface area contributed by atoms with Gasteiger partial charge in [-0.25, -0.2) is 4.98 Å². The van der Waals surface area contributed by atoms with Crippen molar-refractivity contribution in [1.29, 1.82) is 5.26 Å². The Hall–Kier alpha value is -2.06. The highest BCUT2D eigenvalue weighted by molar-refractivity contribution is 7.16. The first kappa shape index (κ1) is 11.4. The van der Waals surface area contributed by atoms with E-state index in [2.05, 4.69) is 10.3 Å². The summed E-state index contributed by atoms with van der Waals surface area (Å²) in [6.07, 6.45) is 0. The zero-order valence-electron chi connectivity index (χ0n) is 9.34. The molecule has 1 aromatic heterocycles. The van der Waals surface area contributed by atoms with Gasteiger partial charge in [0.25, 0.3) is 0 Å². The molecule has 0 spiro atoms. The van der Waals surface area contributed by atoms with Crippen molar-refractivity contribution in [2.75, 3.05) is 11.1 Å². The number of nitriles is 1. The molecule has 2 rings (SSSR count). The van der Waals surface area contributed by atoms with Crippen LogP contribution in [0.1, 0.15) is 23.4 Å². The monoisotopic (exact) mass is 244 g/mol. The molecule has 0 aliphatic rings. The Morgan fingerprint density at radius 2 is 2.12 bits per heavy atom. The normalized spacial score (nSPS) is 11.8.